The number of amides is 4. The topological polar surface area (TPSA) is 69.7 Å². The number of carbonyl (C=O) groups excluding carboxylic acids is 3. The van der Waals surface area contributed by atoms with E-state index in [1.807, 2.05) is 6.07 Å². The van der Waals surface area contributed by atoms with Crippen molar-refractivity contribution in [2.45, 2.75) is 19.5 Å². The molecule has 0 saturated carbocycles. The maximum absolute atomic E-state index is 12.9. The van der Waals surface area contributed by atoms with Crippen molar-refractivity contribution < 1.29 is 18.8 Å². The number of hydrogen-bond acceptors (Lipinski definition) is 3. The Labute approximate surface area is 150 Å². The number of benzene rings is 2. The highest BCUT2D eigenvalue weighted by Crippen LogP contribution is 2.25. The van der Waals surface area contributed by atoms with Gasteiger partial charge in [0.15, 0.2) is 0 Å². The second-order valence-electron chi connectivity index (χ2n) is 5.99. The van der Waals surface area contributed by atoms with Gasteiger partial charge in [-0.15, -0.1) is 0 Å². The Morgan fingerprint density at radius 1 is 1.08 bits per heavy atom. The fourth-order valence-electron chi connectivity index (χ4n) is 2.80. The van der Waals surface area contributed by atoms with E-state index in [2.05, 4.69) is 5.32 Å². The van der Waals surface area contributed by atoms with E-state index in [9.17, 15) is 18.8 Å². The molecule has 1 N–H and O–H groups in total. The summed E-state index contributed by atoms with van der Waals surface area (Å²) < 4.78 is 12.9. The summed E-state index contributed by atoms with van der Waals surface area (Å²) in [5.41, 5.74) is 1.32. The van der Waals surface area contributed by atoms with Crippen molar-refractivity contribution in [1.82, 2.24) is 10.2 Å². The van der Waals surface area contributed by atoms with E-state index in [1.54, 1.807) is 43.3 Å². The fourth-order valence-corrected chi connectivity index (χ4v) is 2.80. The third kappa shape index (κ3) is 3.56. The molecular formula is C19H18FN3O3. The van der Waals surface area contributed by atoms with Gasteiger partial charge in [0, 0.05) is 12.2 Å². The summed E-state index contributed by atoms with van der Waals surface area (Å²) >= 11 is 0. The highest BCUT2D eigenvalue weighted by atomic mass is 19.1. The Bertz CT molecular complexity index is 824. The second kappa shape index (κ2) is 7.35. The molecule has 1 aliphatic rings. The van der Waals surface area contributed by atoms with Crippen molar-refractivity contribution in [3.8, 4) is 0 Å². The lowest BCUT2D eigenvalue weighted by Crippen LogP contribution is -2.41. The quantitative estimate of drug-likeness (QED) is 0.837. The lowest BCUT2D eigenvalue weighted by molar-refractivity contribution is -0.131. The maximum atomic E-state index is 12.9. The molecule has 6 nitrogen and oxygen atoms in total. The number of rotatable bonds is 5. The number of anilines is 1. The first-order valence-corrected chi connectivity index (χ1v) is 8.18. The molecule has 1 saturated heterocycles. The normalized spacial score (nSPS) is 16.9. The molecule has 1 atom stereocenters. The number of para-hydroxylation sites is 1. The van der Waals surface area contributed by atoms with Crippen LogP contribution in [0.3, 0.4) is 0 Å². The monoisotopic (exact) mass is 355 g/mol. The van der Waals surface area contributed by atoms with Crippen LogP contribution in [0.4, 0.5) is 14.9 Å². The first kappa shape index (κ1) is 17.6. The third-order valence-corrected chi connectivity index (χ3v) is 4.19. The van der Waals surface area contributed by atoms with Crippen LogP contribution in [0.25, 0.3) is 0 Å². The molecule has 26 heavy (non-hydrogen) atoms. The molecule has 1 aliphatic heterocycles. The van der Waals surface area contributed by atoms with Gasteiger partial charge in [-0.25, -0.2) is 9.18 Å². The number of carbonyl (C=O) groups is 3. The lowest BCUT2D eigenvalue weighted by atomic mass is 10.2. The van der Waals surface area contributed by atoms with Gasteiger partial charge in [0.25, 0.3) is 5.91 Å². The zero-order chi connectivity index (χ0) is 18.7. The molecule has 0 unspecified atom stereocenters. The number of urea groups is 1. The van der Waals surface area contributed by atoms with Crippen LogP contribution in [0.2, 0.25) is 0 Å². The van der Waals surface area contributed by atoms with Crippen LogP contribution in [0.15, 0.2) is 54.6 Å². The Hall–Kier alpha value is -3.22. The molecule has 0 spiro atoms. The molecule has 134 valence electrons. The van der Waals surface area contributed by atoms with Crippen molar-refractivity contribution >= 4 is 23.5 Å². The number of hydrogen-bond donors (Lipinski definition) is 1. The average Bonchev–Trinajstić information content (AvgIpc) is 2.85. The third-order valence-electron chi connectivity index (χ3n) is 4.19. The minimum Gasteiger partial charge on any atom is -0.350 e. The van der Waals surface area contributed by atoms with Crippen LogP contribution in [-0.4, -0.2) is 35.3 Å². The highest BCUT2D eigenvalue weighted by Gasteiger charge is 2.43. The van der Waals surface area contributed by atoms with E-state index in [0.29, 0.717) is 5.69 Å². The number of imide groups is 1. The van der Waals surface area contributed by atoms with Crippen molar-refractivity contribution in [2.24, 2.45) is 0 Å². The predicted molar refractivity (Wildman–Crippen MR) is 93.7 cm³/mol. The molecule has 3 rings (SSSR count). The molecular weight excluding hydrogens is 337 g/mol. The second-order valence-corrected chi connectivity index (χ2v) is 5.99. The molecule has 2 aromatic rings. The summed E-state index contributed by atoms with van der Waals surface area (Å²) in [6.07, 6.45) is 0. The summed E-state index contributed by atoms with van der Waals surface area (Å²) in [6, 6.07) is 13.4. The summed E-state index contributed by atoms with van der Waals surface area (Å²) in [5.74, 6) is -1.24. The van der Waals surface area contributed by atoms with Crippen LogP contribution in [0, 0.1) is 5.82 Å². The van der Waals surface area contributed by atoms with Crippen LogP contribution < -0.4 is 10.2 Å². The van der Waals surface area contributed by atoms with E-state index in [4.69, 9.17) is 0 Å². The van der Waals surface area contributed by atoms with Gasteiger partial charge in [-0.3, -0.25) is 19.4 Å². The molecule has 7 heteroatoms. The Morgan fingerprint density at radius 3 is 2.38 bits per heavy atom. The summed E-state index contributed by atoms with van der Waals surface area (Å²) in [6.45, 7) is 1.46. The number of nitrogens with one attached hydrogen (secondary N) is 1. The Morgan fingerprint density at radius 2 is 1.73 bits per heavy atom. The average molecular weight is 355 g/mol. The first-order chi connectivity index (χ1) is 12.5. The Balaban J connectivity index is 1.63. The van der Waals surface area contributed by atoms with Gasteiger partial charge in [0.2, 0.25) is 5.91 Å². The predicted octanol–water partition coefficient (Wildman–Crippen LogP) is 2.30. The number of halogens is 1. The molecule has 0 aliphatic carbocycles. The van der Waals surface area contributed by atoms with Crippen LogP contribution in [-0.2, 0) is 16.1 Å². The van der Waals surface area contributed by atoms with Gasteiger partial charge < -0.3 is 5.32 Å². The summed E-state index contributed by atoms with van der Waals surface area (Å²) in [5, 5.41) is 2.63. The molecule has 0 bridgehead atoms. The minimum absolute atomic E-state index is 0.188. The molecule has 2 aromatic carbocycles. The van der Waals surface area contributed by atoms with Gasteiger partial charge in [-0.1, -0.05) is 30.3 Å². The van der Waals surface area contributed by atoms with Crippen LogP contribution in [0.1, 0.15) is 12.5 Å². The van der Waals surface area contributed by atoms with Gasteiger partial charge in [-0.05, 0) is 36.8 Å². The molecule has 0 radical (unpaired) electrons. The van der Waals surface area contributed by atoms with E-state index in [1.165, 1.54) is 17.0 Å². The standard InChI is InChI=1S/C19H18FN3O3/c1-13-18(25)22(19(26)23(13)16-5-3-2-4-6-16)12-17(24)21-11-14-7-9-15(20)10-8-14/h2-10,13H,11-12H2,1H3,(H,21,24)/t13-/m1/s1. The molecule has 4 amide bonds. The SMILES string of the molecule is C[C@@H]1C(=O)N(CC(=O)NCc2ccc(F)cc2)C(=O)N1c1ccccc1. The minimum atomic E-state index is -0.671. The van der Waals surface area contributed by atoms with Gasteiger partial charge in [0.05, 0.1) is 0 Å². The van der Waals surface area contributed by atoms with E-state index in [0.717, 1.165) is 10.5 Å². The van der Waals surface area contributed by atoms with Crippen LogP contribution >= 0.6 is 0 Å². The van der Waals surface area contributed by atoms with Crippen molar-refractivity contribution in [3.05, 3.63) is 66.0 Å². The molecule has 1 heterocycles. The first-order valence-electron chi connectivity index (χ1n) is 8.18. The zero-order valence-electron chi connectivity index (χ0n) is 14.2. The zero-order valence-corrected chi connectivity index (χ0v) is 14.2. The highest BCUT2D eigenvalue weighted by molar-refractivity contribution is 6.15. The summed E-state index contributed by atoms with van der Waals surface area (Å²) in [4.78, 5) is 39.4. The van der Waals surface area contributed by atoms with E-state index >= 15 is 0 Å². The van der Waals surface area contributed by atoms with Gasteiger partial charge in [0.1, 0.15) is 18.4 Å². The van der Waals surface area contributed by atoms with E-state index in [-0.39, 0.29) is 18.9 Å². The number of nitrogens with zero attached hydrogens (tertiary/aromatic N) is 2. The maximum Gasteiger partial charge on any atom is 0.332 e. The van der Waals surface area contributed by atoms with Crippen LogP contribution in [0.5, 0.6) is 0 Å². The van der Waals surface area contributed by atoms with Gasteiger partial charge in [-0.2, -0.15) is 0 Å². The molecule has 0 aromatic heterocycles. The fraction of sp³-hybridized carbons (Fsp3) is 0.211. The lowest BCUT2D eigenvalue weighted by Gasteiger charge is -2.19. The Kier molecular flexibility index (Phi) is 4.97. The molecule has 1 fully saturated rings. The largest absolute Gasteiger partial charge is 0.350 e. The van der Waals surface area contributed by atoms with Crippen molar-refractivity contribution in [3.63, 3.8) is 0 Å². The smallest absolute Gasteiger partial charge is 0.332 e. The van der Waals surface area contributed by atoms with E-state index < -0.39 is 23.9 Å². The van der Waals surface area contributed by atoms with Crippen molar-refractivity contribution in [2.75, 3.05) is 11.4 Å². The summed E-state index contributed by atoms with van der Waals surface area (Å²) in [7, 11) is 0. The van der Waals surface area contributed by atoms with Gasteiger partial charge >= 0.3 is 6.03 Å². The van der Waals surface area contributed by atoms with Crippen molar-refractivity contribution in [1.29, 1.82) is 0 Å².